The average Bonchev–Trinajstić information content (AvgIpc) is 2.53. The molecule has 0 aliphatic heterocycles. The van der Waals surface area contributed by atoms with Crippen LogP contribution in [0.1, 0.15) is 49.0 Å². The van der Waals surface area contributed by atoms with Crippen molar-refractivity contribution < 1.29 is 4.74 Å². The molecule has 0 spiro atoms. The highest BCUT2D eigenvalue weighted by molar-refractivity contribution is 5.43. The summed E-state index contributed by atoms with van der Waals surface area (Å²) in [6.45, 7) is 6.09. The molecule has 0 saturated heterocycles. The number of hydrogen-bond donors (Lipinski definition) is 1. The van der Waals surface area contributed by atoms with Gasteiger partial charge in [0.25, 0.3) is 5.56 Å². The van der Waals surface area contributed by atoms with E-state index in [-0.39, 0.29) is 11.6 Å². The average molecular weight is 300 g/mol. The molecule has 1 aromatic carbocycles. The molecular formula is C18H24N2O2. The van der Waals surface area contributed by atoms with Gasteiger partial charge in [-0.25, -0.2) is 0 Å². The van der Waals surface area contributed by atoms with Crippen molar-refractivity contribution in [2.75, 3.05) is 7.11 Å². The molecule has 4 nitrogen and oxygen atoms in total. The van der Waals surface area contributed by atoms with Crippen molar-refractivity contribution >= 4 is 0 Å². The molecule has 1 aromatic heterocycles. The molecule has 0 amide bonds. The van der Waals surface area contributed by atoms with Crippen molar-refractivity contribution in [3.8, 4) is 5.75 Å². The SMILES string of the molecule is CCC(C)n1cccc(C(N)c2cc(C)ccc2OC)c1=O. The highest BCUT2D eigenvalue weighted by atomic mass is 16.5. The second kappa shape index (κ2) is 6.79. The predicted octanol–water partition coefficient (Wildman–Crippen LogP) is 3.18. The van der Waals surface area contributed by atoms with Gasteiger partial charge in [0.15, 0.2) is 0 Å². The third-order valence-corrected chi connectivity index (χ3v) is 4.12. The molecule has 0 fully saturated rings. The molecule has 22 heavy (non-hydrogen) atoms. The van der Waals surface area contributed by atoms with Gasteiger partial charge in [0.2, 0.25) is 0 Å². The molecule has 0 saturated carbocycles. The standard InChI is InChI=1S/C18H24N2O2/c1-5-13(3)20-10-6-7-14(18(20)21)17(19)15-11-12(2)8-9-16(15)22-4/h6-11,13,17H,5,19H2,1-4H3. The Hall–Kier alpha value is -2.07. The highest BCUT2D eigenvalue weighted by Gasteiger charge is 2.19. The molecule has 2 atom stereocenters. The number of methoxy groups -OCH3 is 1. The molecule has 2 unspecified atom stereocenters. The molecule has 0 bridgehead atoms. The molecular weight excluding hydrogens is 276 g/mol. The molecule has 118 valence electrons. The van der Waals surface area contributed by atoms with Crippen LogP contribution in [0.15, 0.2) is 41.3 Å². The topological polar surface area (TPSA) is 57.2 Å². The van der Waals surface area contributed by atoms with Gasteiger partial charge in [-0.05, 0) is 32.4 Å². The minimum atomic E-state index is -0.501. The molecule has 2 aromatic rings. The minimum absolute atomic E-state index is 0.0343. The minimum Gasteiger partial charge on any atom is -0.496 e. The fraction of sp³-hybridized carbons (Fsp3) is 0.389. The van der Waals surface area contributed by atoms with Gasteiger partial charge in [0.1, 0.15) is 5.75 Å². The Labute approximate surface area is 131 Å². The van der Waals surface area contributed by atoms with E-state index in [1.165, 1.54) is 0 Å². The zero-order valence-electron chi connectivity index (χ0n) is 13.7. The zero-order chi connectivity index (χ0) is 16.3. The van der Waals surface area contributed by atoms with Crippen LogP contribution in [0.25, 0.3) is 0 Å². The van der Waals surface area contributed by atoms with Crippen LogP contribution in [0, 0.1) is 6.92 Å². The van der Waals surface area contributed by atoms with Gasteiger partial charge >= 0.3 is 0 Å². The Morgan fingerprint density at radius 1 is 1.27 bits per heavy atom. The summed E-state index contributed by atoms with van der Waals surface area (Å²) in [5.74, 6) is 0.705. The summed E-state index contributed by atoms with van der Waals surface area (Å²) in [5.41, 5.74) is 8.86. The largest absolute Gasteiger partial charge is 0.496 e. The van der Waals surface area contributed by atoms with Crippen molar-refractivity contribution in [3.63, 3.8) is 0 Å². The first-order valence-electron chi connectivity index (χ1n) is 7.60. The van der Waals surface area contributed by atoms with E-state index < -0.39 is 6.04 Å². The summed E-state index contributed by atoms with van der Waals surface area (Å²) in [5, 5.41) is 0. The van der Waals surface area contributed by atoms with Crippen molar-refractivity contribution in [3.05, 3.63) is 63.6 Å². The number of aromatic nitrogens is 1. The molecule has 0 radical (unpaired) electrons. The predicted molar refractivity (Wildman–Crippen MR) is 89.5 cm³/mol. The van der Waals surface area contributed by atoms with E-state index in [2.05, 4.69) is 6.92 Å². The van der Waals surface area contributed by atoms with Crippen LogP contribution in [-0.4, -0.2) is 11.7 Å². The highest BCUT2D eigenvalue weighted by Crippen LogP contribution is 2.28. The lowest BCUT2D eigenvalue weighted by molar-refractivity contribution is 0.407. The Morgan fingerprint density at radius 2 is 2.00 bits per heavy atom. The van der Waals surface area contributed by atoms with Gasteiger partial charge in [-0.15, -0.1) is 0 Å². The van der Waals surface area contributed by atoms with Gasteiger partial charge in [0, 0.05) is 23.4 Å². The Bertz CT molecular complexity index is 706. The summed E-state index contributed by atoms with van der Waals surface area (Å²) < 4.78 is 7.14. The number of ether oxygens (including phenoxy) is 1. The second-order valence-electron chi connectivity index (χ2n) is 5.66. The molecule has 1 heterocycles. The van der Waals surface area contributed by atoms with Crippen molar-refractivity contribution in [1.29, 1.82) is 0 Å². The molecule has 0 aliphatic carbocycles. The third-order valence-electron chi connectivity index (χ3n) is 4.12. The third kappa shape index (κ3) is 3.07. The summed E-state index contributed by atoms with van der Waals surface area (Å²) in [6, 6.07) is 9.17. The lowest BCUT2D eigenvalue weighted by Crippen LogP contribution is -2.30. The number of hydrogen-bond acceptors (Lipinski definition) is 3. The van der Waals surface area contributed by atoms with E-state index in [0.29, 0.717) is 11.3 Å². The van der Waals surface area contributed by atoms with Gasteiger partial charge in [0.05, 0.1) is 13.2 Å². The fourth-order valence-electron chi connectivity index (χ4n) is 2.57. The second-order valence-corrected chi connectivity index (χ2v) is 5.66. The maximum Gasteiger partial charge on any atom is 0.255 e. The van der Waals surface area contributed by atoms with Crippen LogP contribution >= 0.6 is 0 Å². The van der Waals surface area contributed by atoms with Crippen LogP contribution in [0.5, 0.6) is 5.75 Å². The zero-order valence-corrected chi connectivity index (χ0v) is 13.7. The van der Waals surface area contributed by atoms with Crippen LogP contribution in [-0.2, 0) is 0 Å². The molecule has 2 N–H and O–H groups in total. The van der Waals surface area contributed by atoms with E-state index in [1.54, 1.807) is 17.7 Å². The van der Waals surface area contributed by atoms with Gasteiger partial charge in [-0.2, -0.15) is 0 Å². The van der Waals surface area contributed by atoms with Gasteiger partial charge < -0.3 is 15.0 Å². The number of nitrogens with zero attached hydrogens (tertiary/aromatic N) is 1. The van der Waals surface area contributed by atoms with Gasteiger partial charge in [-0.3, -0.25) is 4.79 Å². The van der Waals surface area contributed by atoms with Crippen molar-refractivity contribution in [2.24, 2.45) is 5.73 Å². The maximum atomic E-state index is 12.7. The smallest absolute Gasteiger partial charge is 0.255 e. The van der Waals surface area contributed by atoms with Crippen LogP contribution in [0.3, 0.4) is 0 Å². The van der Waals surface area contributed by atoms with Crippen LogP contribution < -0.4 is 16.0 Å². The van der Waals surface area contributed by atoms with E-state index >= 15 is 0 Å². The number of rotatable bonds is 5. The van der Waals surface area contributed by atoms with Crippen molar-refractivity contribution in [2.45, 2.75) is 39.3 Å². The summed E-state index contributed by atoms with van der Waals surface area (Å²) in [7, 11) is 1.61. The first kappa shape index (κ1) is 16.3. The number of aryl methyl sites for hydroxylation is 1. The monoisotopic (exact) mass is 300 g/mol. The van der Waals surface area contributed by atoms with Gasteiger partial charge in [-0.1, -0.05) is 30.7 Å². The molecule has 0 aliphatic rings. The molecule has 2 rings (SSSR count). The normalized spacial score (nSPS) is 13.7. The Morgan fingerprint density at radius 3 is 2.64 bits per heavy atom. The van der Waals surface area contributed by atoms with E-state index in [1.807, 2.05) is 44.3 Å². The summed E-state index contributed by atoms with van der Waals surface area (Å²) in [6.07, 6.45) is 2.71. The summed E-state index contributed by atoms with van der Waals surface area (Å²) in [4.78, 5) is 12.7. The van der Waals surface area contributed by atoms with E-state index in [0.717, 1.165) is 17.5 Å². The van der Waals surface area contributed by atoms with Crippen LogP contribution in [0.4, 0.5) is 0 Å². The Kier molecular flexibility index (Phi) is 5.03. The first-order valence-corrected chi connectivity index (χ1v) is 7.60. The number of pyridine rings is 1. The maximum absolute atomic E-state index is 12.7. The van der Waals surface area contributed by atoms with Crippen molar-refractivity contribution in [1.82, 2.24) is 4.57 Å². The Balaban J connectivity index is 2.53. The van der Waals surface area contributed by atoms with Crippen LogP contribution in [0.2, 0.25) is 0 Å². The van der Waals surface area contributed by atoms with E-state index in [9.17, 15) is 4.79 Å². The first-order chi connectivity index (χ1) is 10.5. The summed E-state index contributed by atoms with van der Waals surface area (Å²) >= 11 is 0. The number of nitrogens with two attached hydrogens (primary N) is 1. The number of benzene rings is 1. The lowest BCUT2D eigenvalue weighted by atomic mass is 9.98. The quantitative estimate of drug-likeness (QED) is 0.922. The lowest BCUT2D eigenvalue weighted by Gasteiger charge is -2.19. The molecule has 4 heteroatoms. The van der Waals surface area contributed by atoms with E-state index in [4.69, 9.17) is 10.5 Å². The fourth-order valence-corrected chi connectivity index (χ4v) is 2.57.